The van der Waals surface area contributed by atoms with Crippen molar-refractivity contribution in [2.45, 2.75) is 45.4 Å². The Morgan fingerprint density at radius 3 is 2.00 bits per heavy atom. The Labute approximate surface area is 98.8 Å². The standard InChI is InChI=1S/C15H22O/c1-4-6-14(7-5-2)15-10-8-13(9-11-15)12(3)16/h8-11,14,16H,3-7H2,1-2H3. The van der Waals surface area contributed by atoms with Gasteiger partial charge >= 0.3 is 0 Å². The van der Waals surface area contributed by atoms with E-state index in [1.807, 2.05) is 12.1 Å². The van der Waals surface area contributed by atoms with Crippen LogP contribution in [0.2, 0.25) is 0 Å². The molecule has 0 aliphatic heterocycles. The van der Waals surface area contributed by atoms with Crippen molar-refractivity contribution in [2.24, 2.45) is 0 Å². The van der Waals surface area contributed by atoms with Crippen molar-refractivity contribution in [3.05, 3.63) is 42.0 Å². The second-order valence-corrected chi connectivity index (χ2v) is 4.34. The smallest absolute Gasteiger partial charge is 0.115 e. The summed E-state index contributed by atoms with van der Waals surface area (Å²) in [5.41, 5.74) is 2.20. The van der Waals surface area contributed by atoms with E-state index in [1.54, 1.807) is 0 Å². The van der Waals surface area contributed by atoms with E-state index in [-0.39, 0.29) is 5.76 Å². The van der Waals surface area contributed by atoms with Crippen molar-refractivity contribution in [3.8, 4) is 0 Å². The summed E-state index contributed by atoms with van der Waals surface area (Å²) >= 11 is 0. The number of rotatable bonds is 6. The molecule has 0 heterocycles. The number of hydrogen-bond donors (Lipinski definition) is 1. The van der Waals surface area contributed by atoms with Gasteiger partial charge in [-0.25, -0.2) is 0 Å². The number of aliphatic hydroxyl groups is 1. The average Bonchev–Trinajstić information content (AvgIpc) is 2.29. The fourth-order valence-corrected chi connectivity index (χ4v) is 2.12. The highest BCUT2D eigenvalue weighted by molar-refractivity contribution is 5.56. The SMILES string of the molecule is C=C(O)c1ccc(C(CCC)CCC)cc1. The van der Waals surface area contributed by atoms with Crippen molar-refractivity contribution in [1.82, 2.24) is 0 Å². The topological polar surface area (TPSA) is 20.2 Å². The molecule has 1 N–H and O–H groups in total. The average molecular weight is 218 g/mol. The van der Waals surface area contributed by atoms with Gasteiger partial charge in [-0.2, -0.15) is 0 Å². The third-order valence-corrected chi connectivity index (χ3v) is 2.99. The molecule has 0 amide bonds. The van der Waals surface area contributed by atoms with Gasteiger partial charge < -0.3 is 5.11 Å². The van der Waals surface area contributed by atoms with Crippen molar-refractivity contribution < 1.29 is 5.11 Å². The molecular formula is C15H22O. The second-order valence-electron chi connectivity index (χ2n) is 4.34. The zero-order valence-corrected chi connectivity index (χ0v) is 10.4. The number of aliphatic hydroxyl groups excluding tert-OH is 1. The molecule has 1 aromatic carbocycles. The maximum atomic E-state index is 9.27. The molecule has 0 radical (unpaired) electrons. The van der Waals surface area contributed by atoms with Gasteiger partial charge in [0, 0.05) is 5.56 Å². The summed E-state index contributed by atoms with van der Waals surface area (Å²) < 4.78 is 0. The Balaban J connectivity index is 2.80. The lowest BCUT2D eigenvalue weighted by molar-refractivity contribution is 0.513. The van der Waals surface area contributed by atoms with Gasteiger partial charge in [-0.3, -0.25) is 0 Å². The van der Waals surface area contributed by atoms with Crippen LogP contribution < -0.4 is 0 Å². The fraction of sp³-hybridized carbons (Fsp3) is 0.467. The molecule has 1 aromatic rings. The molecule has 0 bridgehead atoms. The molecule has 0 fully saturated rings. The normalized spacial score (nSPS) is 10.7. The maximum Gasteiger partial charge on any atom is 0.115 e. The van der Waals surface area contributed by atoms with Crippen molar-refractivity contribution in [3.63, 3.8) is 0 Å². The molecule has 0 saturated heterocycles. The fourth-order valence-electron chi connectivity index (χ4n) is 2.12. The summed E-state index contributed by atoms with van der Waals surface area (Å²) in [6, 6.07) is 8.14. The van der Waals surface area contributed by atoms with E-state index in [0.717, 1.165) is 5.56 Å². The summed E-state index contributed by atoms with van der Waals surface area (Å²) in [6.07, 6.45) is 4.93. The Bertz CT molecular complexity index is 318. The minimum atomic E-state index is 0.147. The van der Waals surface area contributed by atoms with Crippen LogP contribution in [0.4, 0.5) is 0 Å². The number of hydrogen-bond acceptors (Lipinski definition) is 1. The van der Waals surface area contributed by atoms with Gasteiger partial charge in [0.15, 0.2) is 0 Å². The lowest BCUT2D eigenvalue weighted by Gasteiger charge is -2.16. The largest absolute Gasteiger partial charge is 0.508 e. The van der Waals surface area contributed by atoms with E-state index in [2.05, 4.69) is 32.6 Å². The van der Waals surface area contributed by atoms with Crippen LogP contribution in [0, 0.1) is 0 Å². The van der Waals surface area contributed by atoms with Crippen LogP contribution in [0.5, 0.6) is 0 Å². The summed E-state index contributed by atoms with van der Waals surface area (Å²) in [7, 11) is 0. The van der Waals surface area contributed by atoms with E-state index in [0.29, 0.717) is 5.92 Å². The van der Waals surface area contributed by atoms with Crippen LogP contribution in [0.25, 0.3) is 5.76 Å². The molecule has 1 rings (SSSR count). The maximum absolute atomic E-state index is 9.27. The van der Waals surface area contributed by atoms with Gasteiger partial charge in [0.1, 0.15) is 5.76 Å². The molecule has 0 unspecified atom stereocenters. The lowest BCUT2D eigenvalue weighted by atomic mass is 9.90. The molecule has 0 spiro atoms. The summed E-state index contributed by atoms with van der Waals surface area (Å²) in [6.45, 7) is 7.99. The third-order valence-electron chi connectivity index (χ3n) is 2.99. The van der Waals surface area contributed by atoms with Gasteiger partial charge in [0.25, 0.3) is 0 Å². The Kier molecular flexibility index (Phi) is 5.10. The quantitative estimate of drug-likeness (QED) is 0.673. The number of benzene rings is 1. The second kappa shape index (κ2) is 6.37. The van der Waals surface area contributed by atoms with Crippen LogP contribution in [0.1, 0.15) is 56.6 Å². The van der Waals surface area contributed by atoms with Crippen LogP contribution in [0.15, 0.2) is 30.8 Å². The zero-order chi connectivity index (χ0) is 12.0. The van der Waals surface area contributed by atoms with Crippen molar-refractivity contribution >= 4 is 5.76 Å². The van der Waals surface area contributed by atoms with E-state index in [1.165, 1.54) is 31.2 Å². The molecule has 0 aliphatic rings. The molecule has 0 aromatic heterocycles. The van der Waals surface area contributed by atoms with Crippen LogP contribution >= 0.6 is 0 Å². The highest BCUT2D eigenvalue weighted by Crippen LogP contribution is 2.27. The highest BCUT2D eigenvalue weighted by Gasteiger charge is 2.09. The van der Waals surface area contributed by atoms with Gasteiger partial charge in [-0.05, 0) is 24.3 Å². The first kappa shape index (κ1) is 12.8. The zero-order valence-electron chi connectivity index (χ0n) is 10.4. The summed E-state index contributed by atoms with van der Waals surface area (Å²) in [5, 5.41) is 9.27. The molecule has 0 aliphatic carbocycles. The first-order valence-corrected chi connectivity index (χ1v) is 6.17. The van der Waals surface area contributed by atoms with E-state index >= 15 is 0 Å². The first-order chi connectivity index (χ1) is 7.69. The Hall–Kier alpha value is -1.24. The molecule has 1 heteroatoms. The summed E-state index contributed by atoms with van der Waals surface area (Å²) in [4.78, 5) is 0. The van der Waals surface area contributed by atoms with Crippen LogP contribution in [-0.4, -0.2) is 5.11 Å². The first-order valence-electron chi connectivity index (χ1n) is 6.17. The van der Waals surface area contributed by atoms with Crippen molar-refractivity contribution in [1.29, 1.82) is 0 Å². The monoisotopic (exact) mass is 218 g/mol. The van der Waals surface area contributed by atoms with E-state index < -0.39 is 0 Å². The third kappa shape index (κ3) is 3.41. The molecule has 88 valence electrons. The Morgan fingerprint density at radius 1 is 1.12 bits per heavy atom. The van der Waals surface area contributed by atoms with Gasteiger partial charge in [-0.15, -0.1) is 0 Å². The van der Waals surface area contributed by atoms with Gasteiger partial charge in [0.05, 0.1) is 0 Å². The predicted octanol–water partition coefficient (Wildman–Crippen LogP) is 4.90. The van der Waals surface area contributed by atoms with Crippen LogP contribution in [-0.2, 0) is 0 Å². The molecule has 1 nitrogen and oxygen atoms in total. The summed E-state index contributed by atoms with van der Waals surface area (Å²) in [5.74, 6) is 0.810. The molecule has 16 heavy (non-hydrogen) atoms. The van der Waals surface area contributed by atoms with Crippen molar-refractivity contribution in [2.75, 3.05) is 0 Å². The molecule has 0 saturated carbocycles. The minimum absolute atomic E-state index is 0.147. The van der Waals surface area contributed by atoms with Gasteiger partial charge in [-0.1, -0.05) is 57.5 Å². The lowest BCUT2D eigenvalue weighted by Crippen LogP contribution is -1.98. The van der Waals surface area contributed by atoms with E-state index in [9.17, 15) is 5.11 Å². The Morgan fingerprint density at radius 2 is 1.62 bits per heavy atom. The molecular weight excluding hydrogens is 196 g/mol. The minimum Gasteiger partial charge on any atom is -0.508 e. The predicted molar refractivity (Wildman–Crippen MR) is 70.7 cm³/mol. The van der Waals surface area contributed by atoms with Crippen LogP contribution in [0.3, 0.4) is 0 Å². The highest BCUT2D eigenvalue weighted by atomic mass is 16.3. The van der Waals surface area contributed by atoms with Gasteiger partial charge in [0.2, 0.25) is 0 Å². The molecule has 0 atom stereocenters. The van der Waals surface area contributed by atoms with E-state index in [4.69, 9.17) is 0 Å².